The first-order chi connectivity index (χ1) is 9.60. The zero-order valence-electron chi connectivity index (χ0n) is 12.0. The normalized spacial score (nSPS) is 12.7. The number of hydrogen-bond donors (Lipinski definition) is 1. The van der Waals surface area contributed by atoms with E-state index >= 15 is 0 Å². The van der Waals surface area contributed by atoms with Crippen molar-refractivity contribution < 1.29 is 13.5 Å². The Hall–Kier alpha value is -0.520. The first kappa shape index (κ1) is 17.5. The summed E-state index contributed by atoms with van der Waals surface area (Å²) in [5.74, 6) is -1.03. The van der Waals surface area contributed by atoms with Crippen LogP contribution in [0.5, 0.6) is 0 Å². The van der Waals surface area contributed by atoms with Gasteiger partial charge in [-0.25, -0.2) is 8.78 Å². The second-order valence-corrected chi connectivity index (χ2v) is 5.61. The summed E-state index contributed by atoms with van der Waals surface area (Å²) < 4.78 is 33.5. The van der Waals surface area contributed by atoms with E-state index in [1.165, 1.54) is 12.1 Å². The lowest BCUT2D eigenvalue weighted by Gasteiger charge is -2.19. The van der Waals surface area contributed by atoms with E-state index in [1.54, 1.807) is 0 Å². The predicted molar refractivity (Wildman–Crippen MR) is 81.0 cm³/mol. The first-order valence-corrected chi connectivity index (χ1v) is 7.82. The molecule has 0 aliphatic rings. The third-order valence-electron chi connectivity index (χ3n) is 2.94. The zero-order chi connectivity index (χ0) is 15.0. The smallest absolute Gasteiger partial charge is 0.143 e. The monoisotopic (exact) mass is 349 g/mol. The molecule has 0 saturated carbocycles. The van der Waals surface area contributed by atoms with E-state index in [-0.39, 0.29) is 22.5 Å². The Morgan fingerprint density at radius 1 is 1.25 bits per heavy atom. The molecule has 0 fully saturated rings. The van der Waals surface area contributed by atoms with Crippen molar-refractivity contribution in [3.8, 4) is 0 Å². The van der Waals surface area contributed by atoms with Gasteiger partial charge < -0.3 is 10.1 Å². The van der Waals surface area contributed by atoms with Gasteiger partial charge in [0.05, 0.1) is 11.1 Å². The van der Waals surface area contributed by atoms with Gasteiger partial charge in [-0.05, 0) is 53.9 Å². The average Bonchev–Trinajstić information content (AvgIpc) is 2.44. The molecular formula is C15H22BrF2NO. The molecule has 1 rings (SSSR count). The summed E-state index contributed by atoms with van der Waals surface area (Å²) in [5, 5.41) is 3.28. The number of ether oxygens (including phenoxy) is 1. The minimum absolute atomic E-state index is 0.0835. The van der Waals surface area contributed by atoms with Crippen LogP contribution in [0.25, 0.3) is 0 Å². The Balaban J connectivity index is 2.74. The van der Waals surface area contributed by atoms with Crippen LogP contribution in [0.4, 0.5) is 8.78 Å². The molecule has 0 saturated heterocycles. The number of hydrogen-bond acceptors (Lipinski definition) is 2. The molecule has 5 heteroatoms. The molecule has 0 bridgehead atoms. The van der Waals surface area contributed by atoms with Crippen LogP contribution in [0, 0.1) is 11.6 Å². The second kappa shape index (κ2) is 9.42. The number of halogens is 3. The molecule has 1 unspecified atom stereocenters. The van der Waals surface area contributed by atoms with Crippen molar-refractivity contribution in [2.24, 2.45) is 0 Å². The quantitative estimate of drug-likeness (QED) is 0.536. The fourth-order valence-electron chi connectivity index (χ4n) is 1.91. The number of benzene rings is 1. The second-order valence-electron chi connectivity index (χ2n) is 4.75. The maximum Gasteiger partial charge on any atom is 0.143 e. The van der Waals surface area contributed by atoms with Crippen molar-refractivity contribution in [3.63, 3.8) is 0 Å². The molecule has 0 radical (unpaired) electrons. The highest BCUT2D eigenvalue weighted by Gasteiger charge is 2.17. The van der Waals surface area contributed by atoms with E-state index in [9.17, 15) is 8.78 Å². The Morgan fingerprint density at radius 3 is 2.65 bits per heavy atom. The molecular weight excluding hydrogens is 328 g/mol. The van der Waals surface area contributed by atoms with E-state index in [1.807, 2.05) is 6.92 Å². The third kappa shape index (κ3) is 5.46. The molecule has 1 aromatic carbocycles. The van der Waals surface area contributed by atoms with Gasteiger partial charge in [0.15, 0.2) is 0 Å². The van der Waals surface area contributed by atoms with Gasteiger partial charge in [0, 0.05) is 18.2 Å². The molecule has 0 aliphatic carbocycles. The van der Waals surface area contributed by atoms with E-state index in [0.717, 1.165) is 19.4 Å². The van der Waals surface area contributed by atoms with Crippen LogP contribution >= 0.6 is 15.9 Å². The molecule has 1 aromatic rings. The van der Waals surface area contributed by atoms with Crippen LogP contribution in [0.2, 0.25) is 0 Å². The van der Waals surface area contributed by atoms with E-state index in [2.05, 4.69) is 28.2 Å². The Bertz CT molecular complexity index is 415. The average molecular weight is 350 g/mol. The van der Waals surface area contributed by atoms with Gasteiger partial charge in [0.25, 0.3) is 0 Å². The van der Waals surface area contributed by atoms with Crippen molar-refractivity contribution in [1.82, 2.24) is 5.32 Å². The molecule has 2 nitrogen and oxygen atoms in total. The highest BCUT2D eigenvalue weighted by Crippen LogP contribution is 2.22. The van der Waals surface area contributed by atoms with E-state index < -0.39 is 11.6 Å². The SMILES string of the molecule is CCCNC(COCCC)Cc1c(F)ccc(Br)c1F. The lowest BCUT2D eigenvalue weighted by Crippen LogP contribution is -2.36. The largest absolute Gasteiger partial charge is 0.380 e. The molecule has 0 aliphatic heterocycles. The fraction of sp³-hybridized carbons (Fsp3) is 0.600. The Morgan fingerprint density at radius 2 is 2.00 bits per heavy atom. The topological polar surface area (TPSA) is 21.3 Å². The maximum atomic E-state index is 14.0. The summed E-state index contributed by atoms with van der Waals surface area (Å²) >= 11 is 3.09. The summed E-state index contributed by atoms with van der Waals surface area (Å²) in [6.45, 7) is 6.00. The van der Waals surface area contributed by atoms with Crippen molar-refractivity contribution >= 4 is 15.9 Å². The van der Waals surface area contributed by atoms with Gasteiger partial charge in [0.2, 0.25) is 0 Å². The third-order valence-corrected chi connectivity index (χ3v) is 3.55. The summed E-state index contributed by atoms with van der Waals surface area (Å²) in [7, 11) is 0. The van der Waals surface area contributed by atoms with Gasteiger partial charge in [-0.15, -0.1) is 0 Å². The van der Waals surface area contributed by atoms with Gasteiger partial charge in [-0.3, -0.25) is 0 Å². The highest BCUT2D eigenvalue weighted by atomic mass is 79.9. The molecule has 20 heavy (non-hydrogen) atoms. The number of rotatable bonds is 9. The van der Waals surface area contributed by atoms with Crippen molar-refractivity contribution in [1.29, 1.82) is 0 Å². The van der Waals surface area contributed by atoms with Crippen LogP contribution in [0.1, 0.15) is 32.3 Å². The zero-order valence-corrected chi connectivity index (χ0v) is 13.6. The van der Waals surface area contributed by atoms with Gasteiger partial charge in [-0.2, -0.15) is 0 Å². The van der Waals surface area contributed by atoms with Crippen molar-refractivity contribution in [2.75, 3.05) is 19.8 Å². The van der Waals surface area contributed by atoms with E-state index in [0.29, 0.717) is 13.2 Å². The molecule has 0 amide bonds. The molecule has 1 atom stereocenters. The maximum absolute atomic E-state index is 14.0. The van der Waals surface area contributed by atoms with Crippen LogP contribution in [-0.4, -0.2) is 25.8 Å². The van der Waals surface area contributed by atoms with Crippen molar-refractivity contribution in [2.45, 2.75) is 39.2 Å². The van der Waals surface area contributed by atoms with E-state index in [4.69, 9.17) is 4.74 Å². The van der Waals surface area contributed by atoms with Crippen LogP contribution in [-0.2, 0) is 11.2 Å². The van der Waals surface area contributed by atoms with Crippen LogP contribution in [0.15, 0.2) is 16.6 Å². The predicted octanol–water partition coefficient (Wildman–Crippen LogP) is 4.06. The van der Waals surface area contributed by atoms with Crippen LogP contribution < -0.4 is 5.32 Å². The molecule has 1 N–H and O–H groups in total. The van der Waals surface area contributed by atoms with Crippen molar-refractivity contribution in [3.05, 3.63) is 33.8 Å². The highest BCUT2D eigenvalue weighted by molar-refractivity contribution is 9.10. The first-order valence-electron chi connectivity index (χ1n) is 7.03. The number of nitrogens with one attached hydrogen (secondary N) is 1. The summed E-state index contributed by atoms with van der Waals surface area (Å²) in [6.07, 6.45) is 2.18. The van der Waals surface area contributed by atoms with Gasteiger partial charge in [0.1, 0.15) is 11.6 Å². The lowest BCUT2D eigenvalue weighted by atomic mass is 10.0. The molecule has 0 heterocycles. The molecule has 0 aromatic heterocycles. The minimum Gasteiger partial charge on any atom is -0.380 e. The Labute approximate surface area is 128 Å². The van der Waals surface area contributed by atoms with Gasteiger partial charge >= 0.3 is 0 Å². The Kier molecular flexibility index (Phi) is 8.26. The summed E-state index contributed by atoms with van der Waals surface area (Å²) in [5.41, 5.74) is 0.105. The molecule has 0 spiro atoms. The minimum atomic E-state index is -0.524. The standard InChI is InChI=1S/C15H22BrF2NO/c1-3-7-19-11(10-20-8-4-2)9-12-14(17)6-5-13(16)15(12)18/h5-6,11,19H,3-4,7-10H2,1-2H3. The fourth-order valence-corrected chi connectivity index (χ4v) is 2.28. The lowest BCUT2D eigenvalue weighted by molar-refractivity contribution is 0.111. The van der Waals surface area contributed by atoms with Gasteiger partial charge in [-0.1, -0.05) is 13.8 Å². The summed E-state index contributed by atoms with van der Waals surface area (Å²) in [6, 6.07) is 2.59. The summed E-state index contributed by atoms with van der Waals surface area (Å²) in [4.78, 5) is 0. The van der Waals surface area contributed by atoms with Crippen LogP contribution in [0.3, 0.4) is 0 Å². The molecule has 114 valence electrons.